The molecule has 0 saturated heterocycles. The zero-order valence-electron chi connectivity index (χ0n) is 10.8. The highest BCUT2D eigenvalue weighted by atomic mass is 79.9. The predicted octanol–water partition coefficient (Wildman–Crippen LogP) is 2.12. The van der Waals surface area contributed by atoms with Gasteiger partial charge >= 0.3 is 6.18 Å². The Morgan fingerprint density at radius 2 is 1.90 bits per heavy atom. The molecule has 5 nitrogen and oxygen atoms in total. The standard InChI is InChI=1S/C11H12BrF3N2O3S/c1-17(3-2-11(13,14)15)10(18)7-4-8(12)6-9(5-7)21(16,19)20/h4-6H,2-3H2,1H3,(H2,16,19,20). The summed E-state index contributed by atoms with van der Waals surface area (Å²) in [5.74, 6) is -0.731. The van der Waals surface area contributed by atoms with Crippen LogP contribution in [0.25, 0.3) is 0 Å². The van der Waals surface area contributed by atoms with Crippen molar-refractivity contribution >= 4 is 31.9 Å². The van der Waals surface area contributed by atoms with E-state index in [2.05, 4.69) is 15.9 Å². The molecule has 0 aliphatic carbocycles. The number of nitrogens with zero attached hydrogens (tertiary/aromatic N) is 1. The highest BCUT2D eigenvalue weighted by molar-refractivity contribution is 9.10. The molecule has 1 aromatic rings. The molecule has 21 heavy (non-hydrogen) atoms. The molecule has 2 N–H and O–H groups in total. The molecule has 0 saturated carbocycles. The first kappa shape index (κ1) is 17.9. The average Bonchev–Trinajstić information content (AvgIpc) is 2.32. The lowest BCUT2D eigenvalue weighted by molar-refractivity contribution is -0.136. The van der Waals surface area contributed by atoms with Crippen molar-refractivity contribution in [1.29, 1.82) is 0 Å². The van der Waals surface area contributed by atoms with Gasteiger partial charge in [0.05, 0.1) is 11.3 Å². The second kappa shape index (κ2) is 6.32. The van der Waals surface area contributed by atoms with Crippen LogP contribution in [0, 0.1) is 0 Å². The molecule has 0 fully saturated rings. The van der Waals surface area contributed by atoms with Gasteiger partial charge in [0.1, 0.15) is 0 Å². The maximum atomic E-state index is 12.1. The minimum absolute atomic E-state index is 0.0712. The van der Waals surface area contributed by atoms with Gasteiger partial charge in [-0.3, -0.25) is 4.79 Å². The van der Waals surface area contributed by atoms with Crippen molar-refractivity contribution in [2.75, 3.05) is 13.6 Å². The third-order valence-corrected chi connectivity index (χ3v) is 3.87. The van der Waals surface area contributed by atoms with Crippen LogP contribution >= 0.6 is 15.9 Å². The van der Waals surface area contributed by atoms with Gasteiger partial charge in [-0.25, -0.2) is 13.6 Å². The van der Waals surface area contributed by atoms with Crippen molar-refractivity contribution < 1.29 is 26.4 Å². The molecule has 0 unspecified atom stereocenters. The Morgan fingerprint density at radius 3 is 2.38 bits per heavy atom. The van der Waals surface area contributed by atoms with Crippen LogP contribution in [-0.2, 0) is 10.0 Å². The van der Waals surface area contributed by atoms with E-state index in [-0.39, 0.29) is 14.9 Å². The quantitative estimate of drug-likeness (QED) is 0.857. The normalized spacial score (nSPS) is 12.3. The molecule has 0 spiro atoms. The second-order valence-electron chi connectivity index (χ2n) is 4.31. The molecule has 0 heterocycles. The molecule has 0 radical (unpaired) electrons. The van der Waals surface area contributed by atoms with Crippen LogP contribution in [0.1, 0.15) is 16.8 Å². The lowest BCUT2D eigenvalue weighted by Crippen LogP contribution is -2.30. The van der Waals surface area contributed by atoms with E-state index in [1.54, 1.807) is 0 Å². The van der Waals surface area contributed by atoms with E-state index in [0.717, 1.165) is 11.0 Å². The number of carbonyl (C=O) groups is 1. The Bertz CT molecular complexity index is 647. The molecule has 1 amide bonds. The van der Waals surface area contributed by atoms with Crippen molar-refractivity contribution in [2.24, 2.45) is 5.14 Å². The summed E-state index contributed by atoms with van der Waals surface area (Å²) in [6.07, 6.45) is -5.52. The number of carbonyl (C=O) groups excluding carboxylic acids is 1. The Labute approximate surface area is 128 Å². The third kappa shape index (κ3) is 5.64. The number of hydrogen-bond acceptors (Lipinski definition) is 3. The average molecular weight is 389 g/mol. The molecule has 0 aliphatic rings. The lowest BCUT2D eigenvalue weighted by Gasteiger charge is -2.18. The summed E-state index contributed by atoms with van der Waals surface area (Å²) in [4.78, 5) is 12.6. The summed E-state index contributed by atoms with van der Waals surface area (Å²) < 4.78 is 59.2. The van der Waals surface area contributed by atoms with Gasteiger partial charge in [-0.05, 0) is 18.2 Å². The van der Waals surface area contributed by atoms with Gasteiger partial charge < -0.3 is 4.90 Å². The number of benzene rings is 1. The van der Waals surface area contributed by atoms with E-state index in [1.165, 1.54) is 19.2 Å². The maximum absolute atomic E-state index is 12.1. The first-order valence-electron chi connectivity index (χ1n) is 5.56. The Hall–Kier alpha value is -1.13. The van der Waals surface area contributed by atoms with Gasteiger partial charge in [-0.15, -0.1) is 0 Å². The fraction of sp³-hybridized carbons (Fsp3) is 0.364. The maximum Gasteiger partial charge on any atom is 0.390 e. The number of halogens is 4. The monoisotopic (exact) mass is 388 g/mol. The van der Waals surface area contributed by atoms with Gasteiger partial charge in [0, 0.05) is 23.6 Å². The minimum atomic E-state index is -4.38. The SMILES string of the molecule is CN(CCC(F)(F)F)C(=O)c1cc(Br)cc(S(N)(=O)=O)c1. The topological polar surface area (TPSA) is 80.5 Å². The zero-order chi connectivity index (χ0) is 16.4. The number of primary sulfonamides is 1. The highest BCUT2D eigenvalue weighted by Gasteiger charge is 2.28. The summed E-state index contributed by atoms with van der Waals surface area (Å²) in [5, 5.41) is 4.96. The molecule has 0 aliphatic heterocycles. The van der Waals surface area contributed by atoms with Gasteiger partial charge in [-0.2, -0.15) is 13.2 Å². The summed E-state index contributed by atoms with van der Waals surface area (Å²) >= 11 is 3.02. The summed E-state index contributed by atoms with van der Waals surface area (Å²) in [5.41, 5.74) is -0.0712. The number of alkyl halides is 3. The predicted molar refractivity (Wildman–Crippen MR) is 73.1 cm³/mol. The number of rotatable bonds is 4. The van der Waals surface area contributed by atoms with Crippen LogP contribution in [0.5, 0.6) is 0 Å². The first-order chi connectivity index (χ1) is 9.40. The highest BCUT2D eigenvalue weighted by Crippen LogP contribution is 2.22. The van der Waals surface area contributed by atoms with Crippen molar-refractivity contribution in [1.82, 2.24) is 4.90 Å². The van der Waals surface area contributed by atoms with Crippen LogP contribution in [0.15, 0.2) is 27.6 Å². The van der Waals surface area contributed by atoms with Crippen LogP contribution < -0.4 is 5.14 Å². The van der Waals surface area contributed by atoms with Crippen molar-refractivity contribution in [3.63, 3.8) is 0 Å². The van der Waals surface area contributed by atoms with Crippen molar-refractivity contribution in [3.05, 3.63) is 28.2 Å². The Morgan fingerprint density at radius 1 is 1.33 bits per heavy atom. The van der Waals surface area contributed by atoms with Crippen molar-refractivity contribution in [3.8, 4) is 0 Å². The Balaban J connectivity index is 3.00. The molecule has 0 aromatic heterocycles. The molecule has 0 atom stereocenters. The van der Waals surface area contributed by atoms with E-state index in [0.29, 0.717) is 0 Å². The first-order valence-corrected chi connectivity index (χ1v) is 7.90. The van der Waals surface area contributed by atoms with Gasteiger partial charge in [0.2, 0.25) is 10.0 Å². The number of sulfonamides is 1. The lowest BCUT2D eigenvalue weighted by atomic mass is 10.2. The molecular formula is C11H12BrF3N2O3S. The fourth-order valence-electron chi connectivity index (χ4n) is 1.47. The number of amides is 1. The van der Waals surface area contributed by atoms with Crippen LogP contribution in [0.3, 0.4) is 0 Å². The fourth-order valence-corrected chi connectivity index (χ4v) is 2.69. The summed E-state index contributed by atoms with van der Waals surface area (Å²) in [6.45, 7) is -0.528. The van der Waals surface area contributed by atoms with E-state index >= 15 is 0 Å². The van der Waals surface area contributed by atoms with Crippen LogP contribution in [0.4, 0.5) is 13.2 Å². The van der Waals surface area contributed by atoms with Crippen LogP contribution in [0.2, 0.25) is 0 Å². The van der Waals surface area contributed by atoms with E-state index in [1.807, 2.05) is 0 Å². The zero-order valence-corrected chi connectivity index (χ0v) is 13.2. The summed E-state index contributed by atoms with van der Waals surface area (Å²) in [6, 6.07) is 3.52. The third-order valence-electron chi connectivity index (χ3n) is 2.52. The molecule has 10 heteroatoms. The van der Waals surface area contributed by atoms with Crippen molar-refractivity contribution in [2.45, 2.75) is 17.5 Å². The van der Waals surface area contributed by atoms with Gasteiger partial charge in [0.15, 0.2) is 0 Å². The number of hydrogen-bond donors (Lipinski definition) is 1. The molecule has 1 aromatic carbocycles. The number of nitrogens with two attached hydrogens (primary N) is 1. The molecule has 118 valence electrons. The van der Waals surface area contributed by atoms with E-state index in [9.17, 15) is 26.4 Å². The Kier molecular flexibility index (Phi) is 5.40. The van der Waals surface area contributed by atoms with E-state index < -0.39 is 35.1 Å². The molecule has 1 rings (SSSR count). The summed E-state index contributed by atoms with van der Waals surface area (Å²) in [7, 11) is -2.82. The second-order valence-corrected chi connectivity index (χ2v) is 6.79. The largest absolute Gasteiger partial charge is 0.390 e. The van der Waals surface area contributed by atoms with Crippen LogP contribution in [-0.4, -0.2) is 39.0 Å². The van der Waals surface area contributed by atoms with Gasteiger partial charge in [-0.1, -0.05) is 15.9 Å². The molecular weight excluding hydrogens is 377 g/mol. The molecule has 0 bridgehead atoms. The minimum Gasteiger partial charge on any atom is -0.341 e. The van der Waals surface area contributed by atoms with Gasteiger partial charge in [0.25, 0.3) is 5.91 Å². The smallest absolute Gasteiger partial charge is 0.341 e. The van der Waals surface area contributed by atoms with E-state index in [4.69, 9.17) is 5.14 Å².